The highest BCUT2D eigenvalue weighted by atomic mass is 19.1. The van der Waals surface area contributed by atoms with Gasteiger partial charge in [-0.05, 0) is 56.8 Å². The van der Waals surface area contributed by atoms with Crippen molar-refractivity contribution in [1.82, 2.24) is 15.5 Å². The van der Waals surface area contributed by atoms with E-state index in [1.807, 2.05) is 6.07 Å². The molecule has 5 heteroatoms. The first-order chi connectivity index (χ1) is 11.7. The Kier molecular flexibility index (Phi) is 8.02. The summed E-state index contributed by atoms with van der Waals surface area (Å²) >= 11 is 0. The van der Waals surface area contributed by atoms with Crippen molar-refractivity contribution in [3.63, 3.8) is 0 Å². The number of nitrogens with zero attached hydrogens (tertiary/aromatic N) is 2. The topological polar surface area (TPSA) is 39.7 Å². The van der Waals surface area contributed by atoms with Gasteiger partial charge >= 0.3 is 0 Å². The highest BCUT2D eigenvalue weighted by molar-refractivity contribution is 5.80. The van der Waals surface area contributed by atoms with E-state index < -0.39 is 0 Å². The van der Waals surface area contributed by atoms with Crippen LogP contribution < -0.4 is 10.6 Å². The minimum atomic E-state index is -0.180. The number of aliphatic imine (C=N–C) groups is 1. The number of benzene rings is 1. The Balaban J connectivity index is 1.80. The van der Waals surface area contributed by atoms with Crippen LogP contribution in [0.1, 0.15) is 38.7 Å². The number of guanidine groups is 1. The summed E-state index contributed by atoms with van der Waals surface area (Å²) in [7, 11) is 0. The SMILES string of the molecule is CCCN1CCC(NC(=NCCc2cccc(F)c2)NCC)CC1. The van der Waals surface area contributed by atoms with E-state index in [9.17, 15) is 4.39 Å². The normalized spacial score (nSPS) is 17.0. The number of hydrogen-bond donors (Lipinski definition) is 2. The quantitative estimate of drug-likeness (QED) is 0.595. The number of hydrogen-bond acceptors (Lipinski definition) is 2. The molecule has 1 saturated heterocycles. The molecule has 0 saturated carbocycles. The zero-order valence-corrected chi connectivity index (χ0v) is 15.0. The van der Waals surface area contributed by atoms with E-state index in [4.69, 9.17) is 0 Å². The van der Waals surface area contributed by atoms with E-state index in [0.717, 1.165) is 50.4 Å². The van der Waals surface area contributed by atoms with Gasteiger partial charge in [0.15, 0.2) is 5.96 Å². The summed E-state index contributed by atoms with van der Waals surface area (Å²) in [6.07, 6.45) is 4.30. The molecule has 2 N–H and O–H groups in total. The maximum Gasteiger partial charge on any atom is 0.191 e. The van der Waals surface area contributed by atoms with Crippen LogP contribution in [0.2, 0.25) is 0 Å². The summed E-state index contributed by atoms with van der Waals surface area (Å²) in [5, 5.41) is 6.87. The lowest BCUT2D eigenvalue weighted by Gasteiger charge is -2.32. The lowest BCUT2D eigenvalue weighted by molar-refractivity contribution is 0.206. The van der Waals surface area contributed by atoms with Crippen LogP contribution in [0.25, 0.3) is 0 Å². The van der Waals surface area contributed by atoms with Gasteiger partial charge < -0.3 is 15.5 Å². The van der Waals surface area contributed by atoms with Crippen LogP contribution in [0.15, 0.2) is 29.3 Å². The highest BCUT2D eigenvalue weighted by Gasteiger charge is 2.19. The largest absolute Gasteiger partial charge is 0.357 e. The second kappa shape index (κ2) is 10.3. The number of nitrogens with one attached hydrogen (secondary N) is 2. The van der Waals surface area contributed by atoms with Gasteiger partial charge in [-0.1, -0.05) is 19.1 Å². The fraction of sp³-hybridized carbons (Fsp3) is 0.632. The van der Waals surface area contributed by atoms with Crippen LogP contribution in [0.4, 0.5) is 4.39 Å². The molecule has 0 aromatic heterocycles. The predicted molar refractivity (Wildman–Crippen MR) is 99.0 cm³/mol. The molecule has 1 aromatic carbocycles. The molecule has 0 bridgehead atoms. The molecular weight excluding hydrogens is 303 g/mol. The van der Waals surface area contributed by atoms with Gasteiger partial charge in [-0.15, -0.1) is 0 Å². The van der Waals surface area contributed by atoms with Gasteiger partial charge in [-0.25, -0.2) is 4.39 Å². The molecule has 0 amide bonds. The van der Waals surface area contributed by atoms with Crippen molar-refractivity contribution >= 4 is 5.96 Å². The molecule has 1 aliphatic rings. The van der Waals surface area contributed by atoms with Crippen molar-refractivity contribution in [2.45, 2.75) is 45.6 Å². The lowest BCUT2D eigenvalue weighted by Crippen LogP contribution is -2.48. The number of piperidine rings is 1. The second-order valence-corrected chi connectivity index (χ2v) is 6.40. The molecule has 2 rings (SSSR count). The van der Waals surface area contributed by atoms with Gasteiger partial charge in [-0.2, -0.15) is 0 Å². The summed E-state index contributed by atoms with van der Waals surface area (Å²) in [4.78, 5) is 7.18. The molecule has 0 atom stereocenters. The maximum atomic E-state index is 13.2. The van der Waals surface area contributed by atoms with Crippen molar-refractivity contribution in [1.29, 1.82) is 0 Å². The van der Waals surface area contributed by atoms with Crippen LogP contribution in [0, 0.1) is 5.82 Å². The molecule has 0 unspecified atom stereocenters. The summed E-state index contributed by atoms with van der Waals surface area (Å²) in [6, 6.07) is 7.25. The molecule has 1 fully saturated rings. The zero-order chi connectivity index (χ0) is 17.2. The van der Waals surface area contributed by atoms with E-state index in [2.05, 4.69) is 34.4 Å². The van der Waals surface area contributed by atoms with Crippen LogP contribution in [0.5, 0.6) is 0 Å². The summed E-state index contributed by atoms with van der Waals surface area (Å²) in [5.74, 6) is 0.697. The number of rotatable bonds is 7. The summed E-state index contributed by atoms with van der Waals surface area (Å²) in [6.45, 7) is 9.34. The standard InChI is InChI=1S/C19H31FN4/c1-3-12-24-13-9-18(10-14-24)23-19(21-4-2)22-11-8-16-6-5-7-17(20)15-16/h5-7,15,18H,3-4,8-14H2,1-2H3,(H2,21,22,23). The van der Waals surface area contributed by atoms with Crippen molar-refractivity contribution in [2.24, 2.45) is 4.99 Å². The average molecular weight is 334 g/mol. The molecule has 4 nitrogen and oxygen atoms in total. The van der Waals surface area contributed by atoms with E-state index >= 15 is 0 Å². The summed E-state index contributed by atoms with van der Waals surface area (Å²) in [5.41, 5.74) is 0.988. The highest BCUT2D eigenvalue weighted by Crippen LogP contribution is 2.10. The van der Waals surface area contributed by atoms with Gasteiger partial charge in [0.1, 0.15) is 5.82 Å². The number of halogens is 1. The van der Waals surface area contributed by atoms with Gasteiger partial charge in [-0.3, -0.25) is 4.99 Å². The molecule has 0 radical (unpaired) electrons. The molecule has 24 heavy (non-hydrogen) atoms. The van der Waals surface area contributed by atoms with E-state index in [1.54, 1.807) is 12.1 Å². The van der Waals surface area contributed by atoms with Gasteiger partial charge in [0, 0.05) is 32.2 Å². The van der Waals surface area contributed by atoms with Crippen LogP contribution >= 0.6 is 0 Å². The van der Waals surface area contributed by atoms with Gasteiger partial charge in [0.05, 0.1) is 0 Å². The molecule has 1 heterocycles. The van der Waals surface area contributed by atoms with Crippen molar-refractivity contribution < 1.29 is 4.39 Å². The van der Waals surface area contributed by atoms with Gasteiger partial charge in [0.25, 0.3) is 0 Å². The minimum Gasteiger partial charge on any atom is -0.357 e. The number of likely N-dealkylation sites (tertiary alicyclic amines) is 1. The fourth-order valence-corrected chi connectivity index (χ4v) is 3.12. The Bertz CT molecular complexity index is 510. The molecule has 1 aromatic rings. The Morgan fingerprint density at radius 1 is 1.29 bits per heavy atom. The lowest BCUT2D eigenvalue weighted by atomic mass is 10.1. The molecule has 0 spiro atoms. The predicted octanol–water partition coefficient (Wildman–Crippen LogP) is 2.80. The average Bonchev–Trinajstić information content (AvgIpc) is 2.57. The molecule has 0 aliphatic carbocycles. The summed E-state index contributed by atoms with van der Waals surface area (Å²) < 4.78 is 13.2. The first-order valence-electron chi connectivity index (χ1n) is 9.23. The van der Waals surface area contributed by atoms with Crippen molar-refractivity contribution in [2.75, 3.05) is 32.7 Å². The molecular formula is C19H31FN4. The fourth-order valence-electron chi connectivity index (χ4n) is 3.12. The Morgan fingerprint density at radius 2 is 2.08 bits per heavy atom. The Hall–Kier alpha value is -1.62. The van der Waals surface area contributed by atoms with Crippen LogP contribution in [-0.2, 0) is 6.42 Å². The minimum absolute atomic E-state index is 0.180. The first-order valence-corrected chi connectivity index (χ1v) is 9.23. The molecule has 134 valence electrons. The van der Waals surface area contributed by atoms with Gasteiger partial charge in [0.2, 0.25) is 0 Å². The third kappa shape index (κ3) is 6.48. The Morgan fingerprint density at radius 3 is 2.75 bits per heavy atom. The second-order valence-electron chi connectivity index (χ2n) is 6.40. The Labute approximate surface area is 145 Å². The van der Waals surface area contributed by atoms with Crippen molar-refractivity contribution in [3.05, 3.63) is 35.6 Å². The van der Waals surface area contributed by atoms with Crippen LogP contribution in [-0.4, -0.2) is 49.6 Å². The van der Waals surface area contributed by atoms with Crippen molar-refractivity contribution in [3.8, 4) is 0 Å². The van der Waals surface area contributed by atoms with E-state index in [0.29, 0.717) is 12.6 Å². The van der Waals surface area contributed by atoms with E-state index in [-0.39, 0.29) is 5.82 Å². The smallest absolute Gasteiger partial charge is 0.191 e. The maximum absolute atomic E-state index is 13.2. The van der Waals surface area contributed by atoms with Crippen LogP contribution in [0.3, 0.4) is 0 Å². The van der Waals surface area contributed by atoms with E-state index in [1.165, 1.54) is 19.0 Å². The monoisotopic (exact) mass is 334 g/mol. The zero-order valence-electron chi connectivity index (χ0n) is 15.0. The third-order valence-corrected chi connectivity index (χ3v) is 4.37. The molecule has 1 aliphatic heterocycles. The first kappa shape index (κ1) is 18.7. The third-order valence-electron chi connectivity index (χ3n) is 4.37.